The smallest absolute Gasteiger partial charge is 0.184 e. The zero-order valence-corrected chi connectivity index (χ0v) is 11.4. The van der Waals surface area contributed by atoms with Crippen molar-refractivity contribution in [1.82, 2.24) is 20.2 Å². The van der Waals surface area contributed by atoms with Crippen LogP contribution >= 0.6 is 0 Å². The Kier molecular flexibility index (Phi) is 2.72. The molecule has 2 aromatic rings. The van der Waals surface area contributed by atoms with Crippen molar-refractivity contribution >= 4 is 5.69 Å². The van der Waals surface area contributed by atoms with Crippen molar-refractivity contribution < 1.29 is 0 Å². The van der Waals surface area contributed by atoms with Gasteiger partial charge in [-0.25, -0.2) is 4.68 Å². The molecule has 0 spiro atoms. The number of tetrazole rings is 1. The van der Waals surface area contributed by atoms with Gasteiger partial charge in [-0.3, -0.25) is 0 Å². The van der Waals surface area contributed by atoms with Gasteiger partial charge in [-0.15, -0.1) is 5.10 Å². The molecule has 3 atom stereocenters. The summed E-state index contributed by atoms with van der Waals surface area (Å²) in [6, 6.07) is 7.79. The summed E-state index contributed by atoms with van der Waals surface area (Å²) in [6.45, 7) is 0.928. The zero-order valence-electron chi connectivity index (χ0n) is 11.4. The van der Waals surface area contributed by atoms with Crippen LogP contribution in [-0.4, -0.2) is 20.2 Å². The normalized spacial score (nSPS) is 28.1. The van der Waals surface area contributed by atoms with Gasteiger partial charge in [0.2, 0.25) is 0 Å². The molecule has 5 heteroatoms. The van der Waals surface area contributed by atoms with E-state index < -0.39 is 0 Å². The van der Waals surface area contributed by atoms with Gasteiger partial charge in [0.05, 0.1) is 0 Å². The van der Waals surface area contributed by atoms with E-state index in [0.717, 1.165) is 41.4 Å². The van der Waals surface area contributed by atoms with E-state index in [4.69, 9.17) is 5.73 Å². The molecule has 2 bridgehead atoms. The zero-order chi connectivity index (χ0) is 13.5. The van der Waals surface area contributed by atoms with Crippen LogP contribution in [-0.2, 0) is 6.54 Å². The van der Waals surface area contributed by atoms with Crippen molar-refractivity contribution in [2.75, 3.05) is 5.73 Å². The summed E-state index contributed by atoms with van der Waals surface area (Å²) in [5.41, 5.74) is 7.70. The van der Waals surface area contributed by atoms with E-state index in [0.29, 0.717) is 0 Å². The van der Waals surface area contributed by atoms with Crippen LogP contribution in [0.3, 0.4) is 0 Å². The predicted octanol–water partition coefficient (Wildman–Crippen LogP) is 2.36. The number of fused-ring (bicyclic) bond motifs is 2. The minimum Gasteiger partial charge on any atom is -0.398 e. The second-order valence-corrected chi connectivity index (χ2v) is 6.21. The lowest BCUT2D eigenvalue weighted by Gasteiger charge is -2.21. The average molecular weight is 269 g/mol. The maximum Gasteiger partial charge on any atom is 0.184 e. The van der Waals surface area contributed by atoms with Crippen molar-refractivity contribution in [3.05, 3.63) is 24.3 Å². The van der Waals surface area contributed by atoms with E-state index in [1.807, 2.05) is 28.9 Å². The number of nitrogen functional groups attached to an aromatic ring is 1. The second kappa shape index (κ2) is 4.58. The Bertz CT molecular complexity index is 620. The van der Waals surface area contributed by atoms with Crippen molar-refractivity contribution in [2.24, 2.45) is 17.8 Å². The number of benzene rings is 1. The number of nitrogens with zero attached hydrogens (tertiary/aromatic N) is 4. The summed E-state index contributed by atoms with van der Waals surface area (Å²) in [6.07, 6.45) is 5.57. The van der Waals surface area contributed by atoms with Gasteiger partial charge in [-0.05, 0) is 59.6 Å². The van der Waals surface area contributed by atoms with Crippen LogP contribution in [0.25, 0.3) is 11.4 Å². The summed E-state index contributed by atoms with van der Waals surface area (Å²) in [5.74, 6) is 3.36. The molecule has 1 aromatic heterocycles. The molecule has 0 aliphatic heterocycles. The highest BCUT2D eigenvalue weighted by molar-refractivity contribution is 5.70. The molecule has 20 heavy (non-hydrogen) atoms. The summed E-state index contributed by atoms with van der Waals surface area (Å²) >= 11 is 0. The van der Waals surface area contributed by atoms with Crippen molar-refractivity contribution in [1.29, 1.82) is 0 Å². The van der Waals surface area contributed by atoms with Crippen molar-refractivity contribution in [3.8, 4) is 11.4 Å². The molecular weight excluding hydrogens is 250 g/mol. The fourth-order valence-corrected chi connectivity index (χ4v) is 4.04. The largest absolute Gasteiger partial charge is 0.398 e. The van der Waals surface area contributed by atoms with Crippen LogP contribution in [0.4, 0.5) is 5.69 Å². The Morgan fingerprint density at radius 2 is 2.10 bits per heavy atom. The highest BCUT2D eigenvalue weighted by Gasteiger charge is 2.39. The summed E-state index contributed by atoms with van der Waals surface area (Å²) in [7, 11) is 0. The molecule has 2 aliphatic carbocycles. The number of para-hydroxylation sites is 1. The first-order chi connectivity index (χ1) is 9.81. The van der Waals surface area contributed by atoms with Crippen LogP contribution < -0.4 is 5.73 Å². The van der Waals surface area contributed by atoms with Gasteiger partial charge in [0.1, 0.15) is 0 Å². The lowest BCUT2D eigenvalue weighted by molar-refractivity contribution is 0.284. The number of nitrogens with two attached hydrogens (primary N) is 1. The molecule has 1 aromatic carbocycles. The lowest BCUT2D eigenvalue weighted by Crippen LogP contribution is -2.19. The Hall–Kier alpha value is -1.91. The molecule has 5 nitrogen and oxygen atoms in total. The van der Waals surface area contributed by atoms with Crippen LogP contribution in [0.15, 0.2) is 24.3 Å². The quantitative estimate of drug-likeness (QED) is 0.868. The number of hydrogen-bond acceptors (Lipinski definition) is 4. The Morgan fingerprint density at radius 3 is 2.85 bits per heavy atom. The first kappa shape index (κ1) is 11.9. The van der Waals surface area contributed by atoms with Gasteiger partial charge < -0.3 is 5.73 Å². The minimum absolute atomic E-state index is 0.733. The minimum atomic E-state index is 0.733. The molecule has 2 aliphatic rings. The number of anilines is 1. The van der Waals surface area contributed by atoms with Gasteiger partial charge in [0.15, 0.2) is 5.82 Å². The standard InChI is InChI=1S/C15H19N5/c16-14-4-2-1-3-13(14)15-17-18-19-20(15)9-12-8-10-5-6-11(12)7-10/h1-4,10-12H,5-9,16H2. The lowest BCUT2D eigenvalue weighted by atomic mass is 9.89. The highest BCUT2D eigenvalue weighted by Crippen LogP contribution is 2.48. The van der Waals surface area contributed by atoms with E-state index in [9.17, 15) is 0 Å². The van der Waals surface area contributed by atoms with E-state index >= 15 is 0 Å². The number of hydrogen-bond donors (Lipinski definition) is 1. The molecular formula is C15H19N5. The van der Waals surface area contributed by atoms with Crippen molar-refractivity contribution in [2.45, 2.75) is 32.2 Å². The van der Waals surface area contributed by atoms with Crippen LogP contribution in [0.5, 0.6) is 0 Å². The first-order valence-corrected chi connectivity index (χ1v) is 7.42. The predicted molar refractivity (Wildman–Crippen MR) is 76.6 cm³/mol. The third-order valence-corrected chi connectivity index (χ3v) is 5.03. The van der Waals surface area contributed by atoms with Gasteiger partial charge in [-0.2, -0.15) is 0 Å². The maximum atomic E-state index is 6.04. The van der Waals surface area contributed by atoms with Crippen LogP contribution in [0.2, 0.25) is 0 Å². The highest BCUT2D eigenvalue weighted by atomic mass is 15.5. The molecule has 2 fully saturated rings. The Labute approximate surface area is 118 Å². The van der Waals surface area contributed by atoms with Crippen LogP contribution in [0.1, 0.15) is 25.7 Å². The maximum absolute atomic E-state index is 6.04. The Balaban J connectivity index is 1.61. The Morgan fingerprint density at radius 1 is 1.20 bits per heavy atom. The van der Waals surface area contributed by atoms with Gasteiger partial charge in [0, 0.05) is 17.8 Å². The molecule has 2 saturated carbocycles. The molecule has 1 heterocycles. The molecule has 4 rings (SSSR count). The van der Waals surface area contributed by atoms with Gasteiger partial charge in [-0.1, -0.05) is 18.6 Å². The van der Waals surface area contributed by atoms with Crippen LogP contribution in [0, 0.1) is 17.8 Å². The van der Waals surface area contributed by atoms with Gasteiger partial charge >= 0.3 is 0 Å². The van der Waals surface area contributed by atoms with E-state index in [2.05, 4.69) is 15.5 Å². The summed E-state index contributed by atoms with van der Waals surface area (Å²) in [5, 5.41) is 12.2. The topological polar surface area (TPSA) is 69.6 Å². The van der Waals surface area contributed by atoms with Crippen molar-refractivity contribution in [3.63, 3.8) is 0 Å². The molecule has 3 unspecified atom stereocenters. The first-order valence-electron chi connectivity index (χ1n) is 7.42. The molecule has 0 radical (unpaired) electrons. The second-order valence-electron chi connectivity index (χ2n) is 6.21. The molecule has 104 valence electrons. The van der Waals surface area contributed by atoms with E-state index in [1.54, 1.807) is 0 Å². The third kappa shape index (κ3) is 1.88. The monoisotopic (exact) mass is 269 g/mol. The third-order valence-electron chi connectivity index (χ3n) is 5.03. The fourth-order valence-electron chi connectivity index (χ4n) is 4.04. The van der Waals surface area contributed by atoms with E-state index in [-0.39, 0.29) is 0 Å². The summed E-state index contributed by atoms with van der Waals surface area (Å²) < 4.78 is 1.94. The fraction of sp³-hybridized carbons (Fsp3) is 0.533. The SMILES string of the molecule is Nc1ccccc1-c1nnnn1CC1CC2CCC1C2. The summed E-state index contributed by atoms with van der Waals surface area (Å²) in [4.78, 5) is 0. The van der Waals surface area contributed by atoms with E-state index in [1.165, 1.54) is 25.7 Å². The molecule has 2 N–H and O–H groups in total. The molecule has 0 amide bonds. The number of rotatable bonds is 3. The molecule has 0 saturated heterocycles. The average Bonchev–Trinajstić information content (AvgIpc) is 3.16. The van der Waals surface area contributed by atoms with Gasteiger partial charge in [0.25, 0.3) is 0 Å². The number of aromatic nitrogens is 4.